The summed E-state index contributed by atoms with van der Waals surface area (Å²) in [5, 5.41) is 6.81. The smallest absolute Gasteiger partial charge is 0.240 e. The van der Waals surface area contributed by atoms with Crippen LogP contribution in [0.25, 0.3) is 0 Å². The molecule has 0 bridgehead atoms. The first kappa shape index (κ1) is 15.8. The van der Waals surface area contributed by atoms with E-state index in [9.17, 15) is 9.59 Å². The number of nitrogens with one attached hydrogen (secondary N) is 2. The summed E-state index contributed by atoms with van der Waals surface area (Å²) in [5.74, 6) is -0.132. The molecule has 114 valence electrons. The SMILES string of the molecule is O=C(CCC(=O)Nc1ccccc1Cl)N/N=C/c1ccco1. The van der Waals surface area contributed by atoms with Crippen LogP contribution in [0.2, 0.25) is 5.02 Å². The van der Waals surface area contributed by atoms with Crippen LogP contribution in [-0.2, 0) is 9.59 Å². The van der Waals surface area contributed by atoms with Crippen LogP contribution in [-0.4, -0.2) is 18.0 Å². The second-order valence-electron chi connectivity index (χ2n) is 4.34. The Morgan fingerprint density at radius 2 is 1.91 bits per heavy atom. The molecule has 1 aromatic carbocycles. The average molecular weight is 320 g/mol. The molecule has 7 heteroatoms. The molecule has 0 saturated heterocycles. The Hall–Kier alpha value is -2.60. The largest absolute Gasteiger partial charge is 0.463 e. The monoisotopic (exact) mass is 319 g/mol. The fourth-order valence-electron chi connectivity index (χ4n) is 1.59. The van der Waals surface area contributed by atoms with Crippen molar-refractivity contribution in [1.82, 2.24) is 5.43 Å². The number of hydrogen-bond acceptors (Lipinski definition) is 4. The van der Waals surface area contributed by atoms with Crippen LogP contribution in [0.5, 0.6) is 0 Å². The molecule has 0 aliphatic rings. The maximum Gasteiger partial charge on any atom is 0.240 e. The van der Waals surface area contributed by atoms with E-state index in [1.165, 1.54) is 12.5 Å². The Bertz CT molecular complexity index is 668. The van der Waals surface area contributed by atoms with Gasteiger partial charge < -0.3 is 9.73 Å². The molecule has 0 aliphatic carbocycles. The van der Waals surface area contributed by atoms with E-state index in [2.05, 4.69) is 15.8 Å². The van der Waals surface area contributed by atoms with Gasteiger partial charge in [0.25, 0.3) is 0 Å². The molecule has 2 N–H and O–H groups in total. The van der Waals surface area contributed by atoms with E-state index in [1.54, 1.807) is 36.4 Å². The van der Waals surface area contributed by atoms with Gasteiger partial charge in [-0.05, 0) is 24.3 Å². The summed E-state index contributed by atoms with van der Waals surface area (Å²) >= 11 is 5.93. The van der Waals surface area contributed by atoms with E-state index in [0.29, 0.717) is 16.5 Å². The van der Waals surface area contributed by atoms with Crippen molar-refractivity contribution in [2.45, 2.75) is 12.8 Å². The second-order valence-corrected chi connectivity index (χ2v) is 4.74. The number of para-hydroxylation sites is 1. The Morgan fingerprint density at radius 3 is 2.64 bits per heavy atom. The van der Waals surface area contributed by atoms with Crippen LogP contribution in [0.4, 0.5) is 5.69 Å². The maximum absolute atomic E-state index is 11.7. The van der Waals surface area contributed by atoms with Gasteiger partial charge in [-0.1, -0.05) is 23.7 Å². The molecule has 0 fully saturated rings. The number of halogens is 1. The van der Waals surface area contributed by atoms with Crippen molar-refractivity contribution in [3.63, 3.8) is 0 Å². The van der Waals surface area contributed by atoms with Gasteiger partial charge >= 0.3 is 0 Å². The van der Waals surface area contributed by atoms with Crippen LogP contribution in [0.15, 0.2) is 52.2 Å². The van der Waals surface area contributed by atoms with Crippen LogP contribution in [0.1, 0.15) is 18.6 Å². The quantitative estimate of drug-likeness (QED) is 0.634. The first-order valence-electron chi connectivity index (χ1n) is 6.55. The number of rotatable bonds is 6. The minimum Gasteiger partial charge on any atom is -0.463 e. The number of nitrogens with zero attached hydrogens (tertiary/aromatic N) is 1. The zero-order chi connectivity index (χ0) is 15.8. The molecule has 0 aliphatic heterocycles. The third-order valence-electron chi connectivity index (χ3n) is 2.65. The molecule has 2 aromatic rings. The summed E-state index contributed by atoms with van der Waals surface area (Å²) < 4.78 is 5.01. The first-order valence-corrected chi connectivity index (χ1v) is 6.93. The third kappa shape index (κ3) is 5.06. The highest BCUT2D eigenvalue weighted by Crippen LogP contribution is 2.20. The number of carbonyl (C=O) groups is 2. The average Bonchev–Trinajstić information content (AvgIpc) is 3.01. The summed E-state index contributed by atoms with van der Waals surface area (Å²) in [6.45, 7) is 0. The molecule has 2 rings (SSSR count). The summed E-state index contributed by atoms with van der Waals surface area (Å²) in [7, 11) is 0. The van der Waals surface area contributed by atoms with E-state index >= 15 is 0 Å². The Balaban J connectivity index is 1.72. The fraction of sp³-hybridized carbons (Fsp3) is 0.133. The molecule has 1 heterocycles. The van der Waals surface area contributed by atoms with E-state index in [-0.39, 0.29) is 24.7 Å². The summed E-state index contributed by atoms with van der Waals surface area (Å²) in [6, 6.07) is 10.3. The summed E-state index contributed by atoms with van der Waals surface area (Å²) in [5.41, 5.74) is 2.83. The Labute approximate surface area is 132 Å². The van der Waals surface area contributed by atoms with Gasteiger partial charge in [0, 0.05) is 12.8 Å². The van der Waals surface area contributed by atoms with Crippen LogP contribution >= 0.6 is 11.6 Å². The molecule has 0 unspecified atom stereocenters. The number of furan rings is 1. The zero-order valence-electron chi connectivity index (χ0n) is 11.6. The van der Waals surface area contributed by atoms with Crippen molar-refractivity contribution in [3.05, 3.63) is 53.4 Å². The zero-order valence-corrected chi connectivity index (χ0v) is 12.3. The van der Waals surface area contributed by atoms with E-state index < -0.39 is 0 Å². The molecule has 0 radical (unpaired) electrons. The van der Waals surface area contributed by atoms with Crippen molar-refractivity contribution < 1.29 is 14.0 Å². The minimum atomic E-state index is -0.364. The second kappa shape index (κ2) is 7.99. The lowest BCUT2D eigenvalue weighted by Crippen LogP contribution is -2.20. The highest BCUT2D eigenvalue weighted by Gasteiger charge is 2.08. The van der Waals surface area contributed by atoms with Crippen molar-refractivity contribution in [2.24, 2.45) is 5.10 Å². The maximum atomic E-state index is 11.7. The van der Waals surface area contributed by atoms with Gasteiger partial charge in [0.1, 0.15) is 5.76 Å². The molecule has 6 nitrogen and oxygen atoms in total. The van der Waals surface area contributed by atoms with Crippen LogP contribution in [0, 0.1) is 0 Å². The molecule has 0 saturated carbocycles. The third-order valence-corrected chi connectivity index (χ3v) is 2.98. The van der Waals surface area contributed by atoms with E-state index in [1.807, 2.05) is 0 Å². The molecule has 2 amide bonds. The minimum absolute atomic E-state index is 0.0196. The van der Waals surface area contributed by atoms with Gasteiger partial charge in [-0.3, -0.25) is 9.59 Å². The highest BCUT2D eigenvalue weighted by molar-refractivity contribution is 6.33. The lowest BCUT2D eigenvalue weighted by atomic mass is 10.2. The van der Waals surface area contributed by atoms with Crippen molar-refractivity contribution >= 4 is 35.3 Å². The topological polar surface area (TPSA) is 83.7 Å². The molecule has 0 atom stereocenters. The molecule has 1 aromatic heterocycles. The van der Waals surface area contributed by atoms with E-state index in [0.717, 1.165) is 0 Å². The summed E-state index contributed by atoms with van der Waals surface area (Å²) in [4.78, 5) is 23.3. The lowest BCUT2D eigenvalue weighted by molar-refractivity contribution is -0.124. The fourth-order valence-corrected chi connectivity index (χ4v) is 1.77. The van der Waals surface area contributed by atoms with Gasteiger partial charge in [0.05, 0.1) is 23.2 Å². The van der Waals surface area contributed by atoms with Gasteiger partial charge in [0.2, 0.25) is 11.8 Å². The number of carbonyl (C=O) groups excluding carboxylic acids is 2. The normalized spacial score (nSPS) is 10.6. The van der Waals surface area contributed by atoms with Gasteiger partial charge in [-0.15, -0.1) is 0 Å². The Kier molecular flexibility index (Phi) is 5.73. The van der Waals surface area contributed by atoms with Gasteiger partial charge in [-0.2, -0.15) is 5.10 Å². The van der Waals surface area contributed by atoms with Crippen LogP contribution in [0.3, 0.4) is 0 Å². The summed E-state index contributed by atoms with van der Waals surface area (Å²) in [6.07, 6.45) is 2.93. The van der Waals surface area contributed by atoms with Gasteiger partial charge in [0.15, 0.2) is 0 Å². The van der Waals surface area contributed by atoms with E-state index in [4.69, 9.17) is 16.0 Å². The van der Waals surface area contributed by atoms with Crippen molar-refractivity contribution in [1.29, 1.82) is 0 Å². The standard InChI is InChI=1S/C15H14ClN3O3/c16-12-5-1-2-6-13(12)18-14(20)7-8-15(21)19-17-10-11-4-3-9-22-11/h1-6,9-10H,7-8H2,(H,18,20)(H,19,21)/b17-10+. The van der Waals surface area contributed by atoms with Gasteiger partial charge in [-0.25, -0.2) is 5.43 Å². The molecular formula is C15H14ClN3O3. The highest BCUT2D eigenvalue weighted by atomic mass is 35.5. The number of amides is 2. The molecular weight excluding hydrogens is 306 g/mol. The number of benzene rings is 1. The van der Waals surface area contributed by atoms with Crippen molar-refractivity contribution in [2.75, 3.05) is 5.32 Å². The predicted octanol–water partition coefficient (Wildman–Crippen LogP) is 2.80. The molecule has 22 heavy (non-hydrogen) atoms. The number of hydrogen-bond donors (Lipinski definition) is 2. The Morgan fingerprint density at radius 1 is 1.14 bits per heavy atom. The van der Waals surface area contributed by atoms with Crippen LogP contribution < -0.4 is 10.7 Å². The number of anilines is 1. The number of hydrazone groups is 1. The lowest BCUT2D eigenvalue weighted by Gasteiger charge is -2.06. The first-order chi connectivity index (χ1) is 10.6. The predicted molar refractivity (Wildman–Crippen MR) is 83.8 cm³/mol. The molecule has 0 spiro atoms. The van der Waals surface area contributed by atoms with Crippen molar-refractivity contribution in [3.8, 4) is 0 Å².